The summed E-state index contributed by atoms with van der Waals surface area (Å²) in [4.78, 5) is 29.6. The fraction of sp³-hybridized carbons (Fsp3) is 0.429. The number of hydrogen-bond donors (Lipinski definition) is 2. The van der Waals surface area contributed by atoms with Crippen LogP contribution in [0.25, 0.3) is 11.0 Å². The monoisotopic (exact) mass is 442 g/mol. The lowest BCUT2D eigenvalue weighted by molar-refractivity contribution is 0.213. The molecule has 0 aromatic carbocycles. The third-order valence-corrected chi connectivity index (χ3v) is 6.58. The number of nitrogens with one attached hydrogen (secondary N) is 2. The standard InChI is InChI=1S/C21H26N6O3S/c1-31(29,30)12-2-9-27-10-7-15(8-11-27)16-3-5-18(22-13-16)24-21-23-14-17-4-6-19(28)25-20(17)26-21/h3-6,13-15H,2,7-12H2,1H3,(H2,22,23,24,25,26,28). The minimum Gasteiger partial charge on any atom is -0.309 e. The molecule has 0 unspecified atom stereocenters. The predicted octanol–water partition coefficient (Wildman–Crippen LogP) is 2.07. The van der Waals surface area contributed by atoms with Gasteiger partial charge in [-0.2, -0.15) is 4.98 Å². The molecule has 4 heterocycles. The van der Waals surface area contributed by atoms with Gasteiger partial charge in [-0.05, 0) is 62.5 Å². The van der Waals surface area contributed by atoms with Gasteiger partial charge in [-0.25, -0.2) is 18.4 Å². The van der Waals surface area contributed by atoms with Crippen LogP contribution in [-0.4, -0.2) is 64.9 Å². The highest BCUT2D eigenvalue weighted by molar-refractivity contribution is 7.90. The molecule has 1 fully saturated rings. The van der Waals surface area contributed by atoms with Gasteiger partial charge in [-0.15, -0.1) is 0 Å². The van der Waals surface area contributed by atoms with Crippen molar-refractivity contribution in [3.63, 3.8) is 0 Å². The fourth-order valence-corrected chi connectivity index (χ4v) is 4.53. The van der Waals surface area contributed by atoms with Gasteiger partial charge in [0.05, 0.1) is 5.75 Å². The molecule has 1 aliphatic heterocycles. The zero-order chi connectivity index (χ0) is 21.8. The second-order valence-electron chi connectivity index (χ2n) is 8.02. The SMILES string of the molecule is CS(=O)(=O)CCCN1CCC(c2ccc(Nc3ncc4ccc(=O)[nH]c4n3)nc2)CC1. The summed E-state index contributed by atoms with van der Waals surface area (Å²) in [7, 11) is -2.88. The normalized spacial score (nSPS) is 15.9. The smallest absolute Gasteiger partial charge is 0.249 e. The number of fused-ring (bicyclic) bond motifs is 1. The molecule has 3 aromatic heterocycles. The zero-order valence-electron chi connectivity index (χ0n) is 17.4. The third-order valence-electron chi connectivity index (χ3n) is 5.55. The number of aromatic nitrogens is 4. The first-order chi connectivity index (χ1) is 14.9. The Labute approximate surface area is 180 Å². The van der Waals surface area contributed by atoms with E-state index in [0.29, 0.717) is 29.8 Å². The van der Waals surface area contributed by atoms with Crippen LogP contribution in [0.2, 0.25) is 0 Å². The average Bonchev–Trinajstić information content (AvgIpc) is 2.74. The van der Waals surface area contributed by atoms with E-state index in [9.17, 15) is 13.2 Å². The number of rotatable bonds is 7. The van der Waals surface area contributed by atoms with Crippen LogP contribution in [-0.2, 0) is 9.84 Å². The molecule has 3 aromatic rings. The van der Waals surface area contributed by atoms with Gasteiger partial charge < -0.3 is 15.2 Å². The molecule has 10 heteroatoms. The maximum Gasteiger partial charge on any atom is 0.249 e. The van der Waals surface area contributed by atoms with Crippen LogP contribution in [0, 0.1) is 0 Å². The van der Waals surface area contributed by atoms with Gasteiger partial charge in [-0.3, -0.25) is 4.79 Å². The molecule has 0 bridgehead atoms. The molecule has 31 heavy (non-hydrogen) atoms. The lowest BCUT2D eigenvalue weighted by Crippen LogP contribution is -2.34. The Kier molecular flexibility index (Phi) is 6.28. The molecule has 0 radical (unpaired) electrons. The Morgan fingerprint density at radius 1 is 1.13 bits per heavy atom. The molecule has 4 rings (SSSR count). The minimum absolute atomic E-state index is 0.207. The van der Waals surface area contributed by atoms with Gasteiger partial charge in [0.1, 0.15) is 21.3 Å². The number of sulfone groups is 1. The van der Waals surface area contributed by atoms with Gasteiger partial charge in [0.15, 0.2) is 0 Å². The van der Waals surface area contributed by atoms with Crippen molar-refractivity contribution in [2.45, 2.75) is 25.2 Å². The minimum atomic E-state index is -2.88. The van der Waals surface area contributed by atoms with Crippen molar-refractivity contribution >= 4 is 32.6 Å². The van der Waals surface area contributed by atoms with E-state index in [1.807, 2.05) is 12.3 Å². The van der Waals surface area contributed by atoms with Gasteiger partial charge in [0, 0.05) is 30.1 Å². The summed E-state index contributed by atoms with van der Waals surface area (Å²) in [6.07, 6.45) is 7.59. The second kappa shape index (κ2) is 9.11. The van der Waals surface area contributed by atoms with Crippen molar-refractivity contribution < 1.29 is 8.42 Å². The van der Waals surface area contributed by atoms with E-state index >= 15 is 0 Å². The second-order valence-corrected chi connectivity index (χ2v) is 10.3. The van der Waals surface area contributed by atoms with Crippen molar-refractivity contribution in [1.82, 2.24) is 24.8 Å². The summed E-state index contributed by atoms with van der Waals surface area (Å²) in [5.41, 5.74) is 1.47. The Bertz CT molecular complexity index is 1200. The quantitative estimate of drug-likeness (QED) is 0.570. The van der Waals surface area contributed by atoms with Crippen molar-refractivity contribution in [3.8, 4) is 0 Å². The molecular weight excluding hydrogens is 416 g/mol. The summed E-state index contributed by atoms with van der Waals surface area (Å²) < 4.78 is 22.5. The first-order valence-electron chi connectivity index (χ1n) is 10.3. The van der Waals surface area contributed by atoms with Crippen LogP contribution < -0.4 is 10.9 Å². The molecule has 0 amide bonds. The van der Waals surface area contributed by atoms with Gasteiger partial charge in [-0.1, -0.05) is 6.07 Å². The van der Waals surface area contributed by atoms with E-state index < -0.39 is 9.84 Å². The van der Waals surface area contributed by atoms with Gasteiger partial charge in [0.25, 0.3) is 0 Å². The topological polar surface area (TPSA) is 121 Å². The Hall–Kier alpha value is -2.85. The lowest BCUT2D eigenvalue weighted by atomic mass is 9.90. The first kappa shape index (κ1) is 21.4. The van der Waals surface area contributed by atoms with Crippen LogP contribution >= 0.6 is 0 Å². The molecule has 0 saturated carbocycles. The Morgan fingerprint density at radius 2 is 1.94 bits per heavy atom. The summed E-state index contributed by atoms with van der Waals surface area (Å²) >= 11 is 0. The van der Waals surface area contributed by atoms with E-state index in [1.54, 1.807) is 12.3 Å². The largest absolute Gasteiger partial charge is 0.309 e. The molecule has 0 aliphatic carbocycles. The van der Waals surface area contributed by atoms with E-state index in [0.717, 1.165) is 37.9 Å². The maximum atomic E-state index is 11.5. The number of aromatic amines is 1. The number of nitrogens with zero attached hydrogens (tertiary/aromatic N) is 4. The number of hydrogen-bond acceptors (Lipinski definition) is 8. The molecule has 1 saturated heterocycles. The van der Waals surface area contributed by atoms with Crippen molar-refractivity contribution in [3.05, 3.63) is 52.6 Å². The summed E-state index contributed by atoms with van der Waals surface area (Å²) in [6.45, 7) is 2.77. The Balaban J connectivity index is 1.32. The van der Waals surface area contributed by atoms with E-state index in [4.69, 9.17) is 0 Å². The number of piperidine rings is 1. The Morgan fingerprint density at radius 3 is 2.65 bits per heavy atom. The van der Waals surface area contributed by atoms with Crippen molar-refractivity contribution in [2.75, 3.05) is 37.0 Å². The zero-order valence-corrected chi connectivity index (χ0v) is 18.2. The first-order valence-corrected chi connectivity index (χ1v) is 12.4. The molecule has 164 valence electrons. The van der Waals surface area contributed by atoms with Crippen LogP contribution in [0.4, 0.5) is 11.8 Å². The summed E-state index contributed by atoms with van der Waals surface area (Å²) in [6, 6.07) is 7.11. The average molecular weight is 443 g/mol. The van der Waals surface area contributed by atoms with E-state index in [2.05, 4.69) is 36.2 Å². The van der Waals surface area contributed by atoms with E-state index in [-0.39, 0.29) is 11.3 Å². The van der Waals surface area contributed by atoms with Crippen molar-refractivity contribution in [1.29, 1.82) is 0 Å². The van der Waals surface area contributed by atoms with Crippen LogP contribution in [0.15, 0.2) is 41.5 Å². The third kappa shape index (κ3) is 5.86. The number of likely N-dealkylation sites (tertiary alicyclic amines) is 1. The number of anilines is 2. The van der Waals surface area contributed by atoms with Gasteiger partial charge >= 0.3 is 0 Å². The predicted molar refractivity (Wildman–Crippen MR) is 120 cm³/mol. The number of pyridine rings is 2. The summed E-state index contributed by atoms with van der Waals surface area (Å²) in [5.74, 6) is 1.72. The molecule has 0 spiro atoms. The highest BCUT2D eigenvalue weighted by Crippen LogP contribution is 2.28. The van der Waals surface area contributed by atoms with Crippen LogP contribution in [0.3, 0.4) is 0 Å². The maximum absolute atomic E-state index is 11.5. The molecule has 0 atom stereocenters. The molecule has 9 nitrogen and oxygen atoms in total. The number of H-pyrrole nitrogens is 1. The van der Waals surface area contributed by atoms with Gasteiger partial charge in [0.2, 0.25) is 11.5 Å². The van der Waals surface area contributed by atoms with Crippen LogP contribution in [0.1, 0.15) is 30.7 Å². The lowest BCUT2D eigenvalue weighted by Gasteiger charge is -2.32. The van der Waals surface area contributed by atoms with Crippen LogP contribution in [0.5, 0.6) is 0 Å². The highest BCUT2D eigenvalue weighted by atomic mass is 32.2. The fourth-order valence-electron chi connectivity index (χ4n) is 3.87. The highest BCUT2D eigenvalue weighted by Gasteiger charge is 2.21. The molecular formula is C21H26N6O3S. The summed E-state index contributed by atoms with van der Waals surface area (Å²) in [5, 5.41) is 3.84. The van der Waals surface area contributed by atoms with Crippen molar-refractivity contribution in [2.24, 2.45) is 0 Å². The van der Waals surface area contributed by atoms with E-state index in [1.165, 1.54) is 17.9 Å². The molecule has 2 N–H and O–H groups in total. The molecule has 1 aliphatic rings.